The van der Waals surface area contributed by atoms with Gasteiger partial charge in [0.1, 0.15) is 0 Å². The average Bonchev–Trinajstić information content (AvgIpc) is 2.52. The molecule has 1 heterocycles. The molecule has 1 aliphatic heterocycles. The first-order chi connectivity index (χ1) is 11.3. The molecule has 0 aromatic heterocycles. The predicted octanol–water partition coefficient (Wildman–Crippen LogP) is 2.81. The van der Waals surface area contributed by atoms with E-state index in [9.17, 15) is 9.59 Å². The summed E-state index contributed by atoms with van der Waals surface area (Å²) >= 11 is 0. The standard InChI is InChI=1S/C18H28N4O2/c1-12(2)17(23)19-15-6-5-13(3)16(11-15)21-18(24)20-14-7-9-22(4)10-8-14/h5-6,11-12,14H,7-10H2,1-4H3,(H,19,23)(H2,20,21,24). The topological polar surface area (TPSA) is 73.5 Å². The van der Waals surface area contributed by atoms with Gasteiger partial charge >= 0.3 is 6.03 Å². The lowest BCUT2D eigenvalue weighted by Gasteiger charge is -2.29. The van der Waals surface area contributed by atoms with Crippen molar-refractivity contribution in [2.24, 2.45) is 5.92 Å². The van der Waals surface area contributed by atoms with Gasteiger partial charge in [0.2, 0.25) is 5.91 Å². The number of rotatable bonds is 4. The van der Waals surface area contributed by atoms with E-state index < -0.39 is 0 Å². The molecule has 1 aromatic rings. The first-order valence-corrected chi connectivity index (χ1v) is 8.52. The minimum absolute atomic E-state index is 0.0411. The van der Waals surface area contributed by atoms with Gasteiger partial charge in [0.25, 0.3) is 0 Å². The van der Waals surface area contributed by atoms with Gasteiger partial charge in [-0.2, -0.15) is 0 Å². The summed E-state index contributed by atoms with van der Waals surface area (Å²) in [5.41, 5.74) is 2.35. The monoisotopic (exact) mass is 332 g/mol. The second-order valence-electron chi connectivity index (χ2n) is 6.85. The maximum atomic E-state index is 12.2. The lowest BCUT2D eigenvalue weighted by Crippen LogP contribution is -2.44. The van der Waals surface area contributed by atoms with Crippen LogP contribution in [-0.2, 0) is 4.79 Å². The quantitative estimate of drug-likeness (QED) is 0.794. The van der Waals surface area contributed by atoms with Crippen LogP contribution in [0.15, 0.2) is 18.2 Å². The molecular formula is C18H28N4O2. The molecule has 0 atom stereocenters. The van der Waals surface area contributed by atoms with E-state index in [1.54, 1.807) is 6.07 Å². The fraction of sp³-hybridized carbons (Fsp3) is 0.556. The normalized spacial score (nSPS) is 16.0. The zero-order valence-electron chi connectivity index (χ0n) is 15.0. The lowest BCUT2D eigenvalue weighted by atomic mass is 10.1. The van der Waals surface area contributed by atoms with E-state index in [1.165, 1.54) is 0 Å². The number of nitrogens with zero attached hydrogens (tertiary/aromatic N) is 1. The second kappa shape index (κ2) is 8.15. The minimum Gasteiger partial charge on any atom is -0.335 e. The zero-order chi connectivity index (χ0) is 17.7. The number of likely N-dealkylation sites (tertiary alicyclic amines) is 1. The van der Waals surface area contributed by atoms with Crippen LogP contribution in [0.5, 0.6) is 0 Å². The maximum absolute atomic E-state index is 12.2. The van der Waals surface area contributed by atoms with Crippen LogP contribution < -0.4 is 16.0 Å². The number of aryl methyl sites for hydroxylation is 1. The summed E-state index contributed by atoms with van der Waals surface area (Å²) in [6.45, 7) is 7.62. The number of nitrogens with one attached hydrogen (secondary N) is 3. The number of carbonyl (C=O) groups excluding carboxylic acids is 2. The van der Waals surface area contributed by atoms with Crippen molar-refractivity contribution in [2.45, 2.75) is 39.7 Å². The highest BCUT2D eigenvalue weighted by Crippen LogP contribution is 2.21. The maximum Gasteiger partial charge on any atom is 0.319 e. The first-order valence-electron chi connectivity index (χ1n) is 8.52. The minimum atomic E-state index is -0.194. The molecule has 0 radical (unpaired) electrons. The molecule has 0 spiro atoms. The Bertz CT molecular complexity index is 593. The van der Waals surface area contributed by atoms with Gasteiger partial charge in [0.05, 0.1) is 0 Å². The third kappa shape index (κ3) is 5.23. The van der Waals surface area contributed by atoms with Crippen LogP contribution in [0.3, 0.4) is 0 Å². The number of amides is 3. The van der Waals surface area contributed by atoms with E-state index in [1.807, 2.05) is 32.9 Å². The van der Waals surface area contributed by atoms with Crippen molar-refractivity contribution in [3.8, 4) is 0 Å². The Hall–Kier alpha value is -2.08. The van der Waals surface area contributed by atoms with Gasteiger partial charge in [0, 0.05) is 23.3 Å². The number of hydrogen-bond acceptors (Lipinski definition) is 3. The van der Waals surface area contributed by atoms with Crippen LogP contribution in [0.2, 0.25) is 0 Å². The highest BCUT2D eigenvalue weighted by molar-refractivity contribution is 5.94. The SMILES string of the molecule is Cc1ccc(NC(=O)C(C)C)cc1NC(=O)NC1CCN(C)CC1. The summed E-state index contributed by atoms with van der Waals surface area (Å²) < 4.78 is 0. The number of urea groups is 1. The molecule has 0 bridgehead atoms. The molecule has 3 N–H and O–H groups in total. The Morgan fingerprint density at radius 2 is 1.83 bits per heavy atom. The summed E-state index contributed by atoms with van der Waals surface area (Å²) in [5, 5.41) is 8.78. The average molecular weight is 332 g/mol. The van der Waals surface area contributed by atoms with E-state index in [2.05, 4.69) is 27.9 Å². The summed E-state index contributed by atoms with van der Waals surface area (Å²) in [4.78, 5) is 26.3. The van der Waals surface area contributed by atoms with Crippen molar-refractivity contribution in [3.63, 3.8) is 0 Å². The highest BCUT2D eigenvalue weighted by atomic mass is 16.2. The van der Waals surface area contributed by atoms with E-state index in [4.69, 9.17) is 0 Å². The highest BCUT2D eigenvalue weighted by Gasteiger charge is 2.18. The molecule has 1 fully saturated rings. The van der Waals surface area contributed by atoms with E-state index in [0.717, 1.165) is 31.5 Å². The van der Waals surface area contributed by atoms with E-state index in [-0.39, 0.29) is 23.9 Å². The molecule has 24 heavy (non-hydrogen) atoms. The van der Waals surface area contributed by atoms with Crippen molar-refractivity contribution in [1.29, 1.82) is 0 Å². The Balaban J connectivity index is 1.95. The molecule has 6 nitrogen and oxygen atoms in total. The van der Waals surface area contributed by atoms with Gasteiger partial charge in [-0.3, -0.25) is 4.79 Å². The van der Waals surface area contributed by atoms with Crippen molar-refractivity contribution >= 4 is 23.3 Å². The van der Waals surface area contributed by atoms with Gasteiger partial charge < -0.3 is 20.9 Å². The predicted molar refractivity (Wildman–Crippen MR) is 97.3 cm³/mol. The third-order valence-electron chi connectivity index (χ3n) is 4.33. The van der Waals surface area contributed by atoms with Crippen LogP contribution >= 0.6 is 0 Å². The van der Waals surface area contributed by atoms with Crippen molar-refractivity contribution in [3.05, 3.63) is 23.8 Å². The van der Waals surface area contributed by atoms with E-state index in [0.29, 0.717) is 11.4 Å². The van der Waals surface area contributed by atoms with Gasteiger partial charge in [-0.05, 0) is 57.6 Å². The van der Waals surface area contributed by atoms with E-state index >= 15 is 0 Å². The van der Waals surface area contributed by atoms with Gasteiger partial charge in [0.15, 0.2) is 0 Å². The molecule has 6 heteroatoms. The Labute approximate surface area is 144 Å². The fourth-order valence-corrected chi connectivity index (χ4v) is 2.62. The van der Waals surface area contributed by atoms with Crippen LogP contribution in [0.1, 0.15) is 32.3 Å². The van der Waals surface area contributed by atoms with Crippen LogP contribution in [0, 0.1) is 12.8 Å². The Morgan fingerprint density at radius 1 is 1.17 bits per heavy atom. The van der Waals surface area contributed by atoms with Gasteiger partial charge in [-0.15, -0.1) is 0 Å². The molecule has 0 saturated carbocycles. The molecule has 132 valence electrons. The molecule has 1 aromatic carbocycles. The van der Waals surface area contributed by atoms with Crippen molar-refractivity contribution in [2.75, 3.05) is 30.8 Å². The number of piperidine rings is 1. The van der Waals surface area contributed by atoms with Gasteiger partial charge in [-0.25, -0.2) is 4.79 Å². The molecule has 3 amide bonds. The zero-order valence-corrected chi connectivity index (χ0v) is 15.0. The van der Waals surface area contributed by atoms with Crippen molar-refractivity contribution < 1.29 is 9.59 Å². The molecule has 1 saturated heterocycles. The Morgan fingerprint density at radius 3 is 2.46 bits per heavy atom. The number of benzene rings is 1. The lowest BCUT2D eigenvalue weighted by molar-refractivity contribution is -0.118. The third-order valence-corrected chi connectivity index (χ3v) is 4.33. The molecule has 1 aliphatic rings. The molecule has 2 rings (SSSR count). The largest absolute Gasteiger partial charge is 0.335 e. The number of carbonyl (C=O) groups is 2. The van der Waals surface area contributed by atoms with Crippen LogP contribution in [0.25, 0.3) is 0 Å². The Kier molecular flexibility index (Phi) is 6.20. The summed E-state index contributed by atoms with van der Waals surface area (Å²) in [7, 11) is 2.09. The fourth-order valence-electron chi connectivity index (χ4n) is 2.62. The summed E-state index contributed by atoms with van der Waals surface area (Å²) in [6, 6.07) is 5.55. The molecule has 0 aliphatic carbocycles. The van der Waals surface area contributed by atoms with Crippen LogP contribution in [0.4, 0.5) is 16.2 Å². The van der Waals surface area contributed by atoms with Crippen molar-refractivity contribution in [1.82, 2.24) is 10.2 Å². The number of hydrogen-bond donors (Lipinski definition) is 3. The summed E-state index contributed by atoms with van der Waals surface area (Å²) in [6.07, 6.45) is 1.93. The van der Waals surface area contributed by atoms with Crippen LogP contribution in [-0.4, -0.2) is 43.0 Å². The smallest absolute Gasteiger partial charge is 0.319 e. The number of anilines is 2. The van der Waals surface area contributed by atoms with Gasteiger partial charge in [-0.1, -0.05) is 19.9 Å². The second-order valence-corrected chi connectivity index (χ2v) is 6.85. The summed E-state index contributed by atoms with van der Waals surface area (Å²) in [5.74, 6) is -0.129. The first kappa shape index (κ1) is 18.3. The molecular weight excluding hydrogens is 304 g/mol. The molecule has 0 unspecified atom stereocenters.